The van der Waals surface area contributed by atoms with Gasteiger partial charge in [0.15, 0.2) is 0 Å². The fourth-order valence-corrected chi connectivity index (χ4v) is 1.99. The Morgan fingerprint density at radius 1 is 1.36 bits per heavy atom. The van der Waals surface area contributed by atoms with Gasteiger partial charge in [-0.15, -0.1) is 0 Å². The van der Waals surface area contributed by atoms with Crippen molar-refractivity contribution in [1.29, 1.82) is 0 Å². The Morgan fingerprint density at radius 2 is 2.00 bits per heavy atom. The van der Waals surface area contributed by atoms with Crippen LogP contribution in [-0.4, -0.2) is 5.78 Å². The zero-order valence-corrected chi connectivity index (χ0v) is 7.76. The Kier molecular flexibility index (Phi) is 2.69. The van der Waals surface area contributed by atoms with Crippen LogP contribution in [0, 0.1) is 17.8 Å². The van der Waals surface area contributed by atoms with Crippen LogP contribution >= 0.6 is 0 Å². The Labute approximate surface area is 69.2 Å². The zero-order chi connectivity index (χ0) is 8.43. The molecule has 0 aromatic carbocycles. The first-order valence-electron chi connectivity index (χ1n) is 4.61. The van der Waals surface area contributed by atoms with E-state index in [9.17, 15) is 4.79 Å². The predicted molar refractivity (Wildman–Crippen MR) is 46.4 cm³/mol. The Balaban J connectivity index is 2.41. The summed E-state index contributed by atoms with van der Waals surface area (Å²) in [6.07, 6.45) is 3.55. The molecule has 1 fully saturated rings. The van der Waals surface area contributed by atoms with Crippen LogP contribution in [0.15, 0.2) is 0 Å². The predicted octanol–water partition coefficient (Wildman–Crippen LogP) is 2.65. The molecule has 0 aromatic rings. The molecule has 0 aromatic heterocycles. The highest BCUT2D eigenvalue weighted by molar-refractivity contribution is 5.78. The monoisotopic (exact) mass is 154 g/mol. The van der Waals surface area contributed by atoms with Crippen molar-refractivity contribution in [3.63, 3.8) is 0 Å². The fourth-order valence-electron chi connectivity index (χ4n) is 1.99. The third-order valence-corrected chi connectivity index (χ3v) is 2.99. The SMILES string of the molecule is CC(=O)[C@H]1CCC(C(C)C)C1. The van der Waals surface area contributed by atoms with Gasteiger partial charge in [-0.1, -0.05) is 13.8 Å². The van der Waals surface area contributed by atoms with E-state index in [0.29, 0.717) is 11.7 Å². The Bertz CT molecular complexity index is 149. The molecular formula is C10H18O. The quantitative estimate of drug-likeness (QED) is 0.597. The summed E-state index contributed by atoms with van der Waals surface area (Å²) in [5.74, 6) is 2.36. The van der Waals surface area contributed by atoms with Gasteiger partial charge in [0.25, 0.3) is 0 Å². The van der Waals surface area contributed by atoms with Crippen LogP contribution < -0.4 is 0 Å². The molecule has 11 heavy (non-hydrogen) atoms. The normalized spacial score (nSPS) is 31.3. The maximum atomic E-state index is 11.0. The van der Waals surface area contributed by atoms with Crippen molar-refractivity contribution in [1.82, 2.24) is 0 Å². The highest BCUT2D eigenvalue weighted by Crippen LogP contribution is 2.35. The van der Waals surface area contributed by atoms with Gasteiger partial charge in [-0.25, -0.2) is 0 Å². The summed E-state index contributed by atoms with van der Waals surface area (Å²) in [6.45, 7) is 6.24. The molecular weight excluding hydrogens is 136 g/mol. The molecule has 1 aliphatic carbocycles. The van der Waals surface area contributed by atoms with Gasteiger partial charge < -0.3 is 0 Å². The Hall–Kier alpha value is -0.330. The summed E-state index contributed by atoms with van der Waals surface area (Å²) in [7, 11) is 0. The van der Waals surface area contributed by atoms with E-state index in [1.54, 1.807) is 6.92 Å². The van der Waals surface area contributed by atoms with Crippen LogP contribution in [0.5, 0.6) is 0 Å². The van der Waals surface area contributed by atoms with E-state index >= 15 is 0 Å². The van der Waals surface area contributed by atoms with Crippen LogP contribution in [0.2, 0.25) is 0 Å². The minimum absolute atomic E-state index is 0.391. The van der Waals surface area contributed by atoms with Gasteiger partial charge in [-0.05, 0) is 38.0 Å². The number of hydrogen-bond donors (Lipinski definition) is 0. The second-order valence-electron chi connectivity index (χ2n) is 4.12. The first-order valence-corrected chi connectivity index (χ1v) is 4.61. The minimum atomic E-state index is 0.391. The van der Waals surface area contributed by atoms with Crippen LogP contribution in [0.1, 0.15) is 40.0 Å². The van der Waals surface area contributed by atoms with Gasteiger partial charge in [0, 0.05) is 5.92 Å². The molecule has 0 N–H and O–H groups in total. The lowest BCUT2D eigenvalue weighted by molar-refractivity contribution is -0.120. The van der Waals surface area contributed by atoms with Crippen LogP contribution in [0.4, 0.5) is 0 Å². The molecule has 1 unspecified atom stereocenters. The van der Waals surface area contributed by atoms with Crippen molar-refractivity contribution in [2.75, 3.05) is 0 Å². The topological polar surface area (TPSA) is 17.1 Å². The molecule has 1 heteroatoms. The summed E-state index contributed by atoms with van der Waals surface area (Å²) >= 11 is 0. The maximum absolute atomic E-state index is 11.0. The maximum Gasteiger partial charge on any atom is 0.132 e. The van der Waals surface area contributed by atoms with Crippen LogP contribution in [0.3, 0.4) is 0 Å². The van der Waals surface area contributed by atoms with E-state index in [2.05, 4.69) is 13.8 Å². The van der Waals surface area contributed by atoms with Crippen LogP contribution in [-0.2, 0) is 4.79 Å². The lowest BCUT2D eigenvalue weighted by atomic mass is 9.93. The summed E-state index contributed by atoms with van der Waals surface area (Å²) in [5.41, 5.74) is 0. The van der Waals surface area contributed by atoms with E-state index in [-0.39, 0.29) is 0 Å². The van der Waals surface area contributed by atoms with Gasteiger partial charge in [-0.3, -0.25) is 4.79 Å². The van der Waals surface area contributed by atoms with Crippen molar-refractivity contribution < 1.29 is 4.79 Å². The van der Waals surface area contributed by atoms with Gasteiger partial charge in [0.05, 0.1) is 0 Å². The number of rotatable bonds is 2. The summed E-state index contributed by atoms with van der Waals surface area (Å²) in [6, 6.07) is 0. The number of carbonyl (C=O) groups excluding carboxylic acids is 1. The third-order valence-electron chi connectivity index (χ3n) is 2.99. The second kappa shape index (κ2) is 3.38. The van der Waals surface area contributed by atoms with Gasteiger partial charge in [0.2, 0.25) is 0 Å². The molecule has 1 saturated carbocycles. The number of hydrogen-bond acceptors (Lipinski definition) is 1. The van der Waals surface area contributed by atoms with Crippen molar-refractivity contribution in [3.8, 4) is 0 Å². The lowest BCUT2D eigenvalue weighted by Crippen LogP contribution is -2.08. The van der Waals surface area contributed by atoms with E-state index in [1.807, 2.05) is 0 Å². The average Bonchev–Trinajstić information content (AvgIpc) is 2.33. The van der Waals surface area contributed by atoms with E-state index < -0.39 is 0 Å². The smallest absolute Gasteiger partial charge is 0.132 e. The number of ketones is 1. The zero-order valence-electron chi connectivity index (χ0n) is 7.76. The molecule has 64 valence electrons. The molecule has 0 saturated heterocycles. The average molecular weight is 154 g/mol. The lowest BCUT2D eigenvalue weighted by Gasteiger charge is -2.13. The number of Topliss-reactive ketones (excluding diaryl/α,β-unsaturated/α-hetero) is 1. The Morgan fingerprint density at radius 3 is 2.27 bits per heavy atom. The van der Waals surface area contributed by atoms with Crippen LogP contribution in [0.25, 0.3) is 0 Å². The van der Waals surface area contributed by atoms with Gasteiger partial charge >= 0.3 is 0 Å². The summed E-state index contributed by atoms with van der Waals surface area (Å²) in [4.78, 5) is 11.0. The first kappa shape index (κ1) is 8.76. The summed E-state index contributed by atoms with van der Waals surface area (Å²) < 4.78 is 0. The molecule has 0 spiro atoms. The molecule has 0 bridgehead atoms. The van der Waals surface area contributed by atoms with Crippen molar-refractivity contribution in [2.45, 2.75) is 40.0 Å². The standard InChI is InChI=1S/C10H18O/c1-7(2)9-4-5-10(6-9)8(3)11/h7,9-10H,4-6H2,1-3H3/t9?,10-/m0/s1. The largest absolute Gasteiger partial charge is 0.300 e. The molecule has 0 heterocycles. The van der Waals surface area contributed by atoms with E-state index in [4.69, 9.17) is 0 Å². The molecule has 0 radical (unpaired) electrons. The van der Waals surface area contributed by atoms with Gasteiger partial charge in [0.1, 0.15) is 5.78 Å². The molecule has 1 aliphatic rings. The van der Waals surface area contributed by atoms with Crippen molar-refractivity contribution in [3.05, 3.63) is 0 Å². The van der Waals surface area contributed by atoms with Gasteiger partial charge in [-0.2, -0.15) is 0 Å². The molecule has 1 nitrogen and oxygen atoms in total. The molecule has 2 atom stereocenters. The van der Waals surface area contributed by atoms with Crippen molar-refractivity contribution in [2.24, 2.45) is 17.8 Å². The highest BCUT2D eigenvalue weighted by Gasteiger charge is 2.28. The molecule has 0 amide bonds. The summed E-state index contributed by atoms with van der Waals surface area (Å²) in [5, 5.41) is 0. The third kappa shape index (κ3) is 2.05. The van der Waals surface area contributed by atoms with E-state index in [1.165, 1.54) is 6.42 Å². The fraction of sp³-hybridized carbons (Fsp3) is 0.900. The molecule has 0 aliphatic heterocycles. The van der Waals surface area contributed by atoms with Crippen molar-refractivity contribution >= 4 is 5.78 Å². The number of carbonyl (C=O) groups is 1. The highest BCUT2D eigenvalue weighted by atomic mass is 16.1. The molecule has 1 rings (SSSR count). The second-order valence-corrected chi connectivity index (χ2v) is 4.12. The first-order chi connectivity index (χ1) is 5.11. The minimum Gasteiger partial charge on any atom is -0.300 e. The van der Waals surface area contributed by atoms with E-state index in [0.717, 1.165) is 24.7 Å².